The smallest absolute Gasteiger partial charge is 0.193 e. The van der Waals surface area contributed by atoms with Crippen LogP contribution in [0.2, 0.25) is 0 Å². The van der Waals surface area contributed by atoms with E-state index in [1.54, 1.807) is 0 Å². The second kappa shape index (κ2) is 10.5. The minimum atomic E-state index is -0.193. The maximum atomic E-state index is 13.0. The number of aryl methyl sites for hydroxylation is 1. The van der Waals surface area contributed by atoms with Crippen LogP contribution in [0, 0.1) is 12.7 Å². The second-order valence-corrected chi connectivity index (χ2v) is 6.56. The third-order valence-corrected chi connectivity index (χ3v) is 4.59. The number of nitrogens with zero attached hydrogens (tertiary/aromatic N) is 3. The van der Waals surface area contributed by atoms with Crippen LogP contribution >= 0.6 is 24.0 Å². The number of halogens is 2. The number of anilines is 2. The molecule has 7 heteroatoms. The number of benzene rings is 2. The summed E-state index contributed by atoms with van der Waals surface area (Å²) in [7, 11) is 0. The Kier molecular flexibility index (Phi) is 8.30. The van der Waals surface area contributed by atoms with Crippen molar-refractivity contribution in [2.75, 3.05) is 49.5 Å². The number of piperazine rings is 1. The SMILES string of the molecule is Cc1ccc(NC(N)=NCCN2CCN(c3ccc(F)cc3)CC2)cc1.I. The topological polar surface area (TPSA) is 56.9 Å². The fourth-order valence-corrected chi connectivity index (χ4v) is 3.02. The fourth-order valence-electron chi connectivity index (χ4n) is 3.02. The van der Waals surface area contributed by atoms with Gasteiger partial charge in [0, 0.05) is 44.1 Å². The van der Waals surface area contributed by atoms with E-state index in [-0.39, 0.29) is 29.8 Å². The van der Waals surface area contributed by atoms with Crippen molar-refractivity contribution in [2.24, 2.45) is 10.7 Å². The predicted molar refractivity (Wildman–Crippen MR) is 122 cm³/mol. The highest BCUT2D eigenvalue weighted by Gasteiger charge is 2.16. The van der Waals surface area contributed by atoms with Gasteiger partial charge in [-0.2, -0.15) is 0 Å². The second-order valence-electron chi connectivity index (χ2n) is 6.56. The van der Waals surface area contributed by atoms with Gasteiger partial charge in [0.1, 0.15) is 5.82 Å². The first kappa shape index (κ1) is 21.4. The van der Waals surface area contributed by atoms with Gasteiger partial charge in [-0.05, 0) is 43.3 Å². The number of hydrogen-bond acceptors (Lipinski definition) is 3. The monoisotopic (exact) mass is 483 g/mol. The lowest BCUT2D eigenvalue weighted by Crippen LogP contribution is -2.47. The Bertz CT molecular complexity index is 725. The number of guanidine groups is 1. The molecule has 1 aliphatic heterocycles. The fraction of sp³-hybridized carbons (Fsp3) is 0.350. The van der Waals surface area contributed by atoms with Gasteiger partial charge in [-0.25, -0.2) is 4.39 Å². The molecule has 1 fully saturated rings. The first-order chi connectivity index (χ1) is 12.6. The van der Waals surface area contributed by atoms with Crippen LogP contribution in [0.15, 0.2) is 53.5 Å². The third kappa shape index (κ3) is 6.66. The molecule has 0 atom stereocenters. The summed E-state index contributed by atoms with van der Waals surface area (Å²) in [6.07, 6.45) is 0. The molecule has 0 aliphatic carbocycles. The zero-order valence-electron chi connectivity index (χ0n) is 15.6. The summed E-state index contributed by atoms with van der Waals surface area (Å²) < 4.78 is 13.0. The molecule has 0 unspecified atom stereocenters. The molecule has 146 valence electrons. The van der Waals surface area contributed by atoms with Crippen LogP contribution in [0.5, 0.6) is 0 Å². The van der Waals surface area contributed by atoms with Gasteiger partial charge in [0.25, 0.3) is 0 Å². The molecule has 1 saturated heterocycles. The molecule has 3 N–H and O–H groups in total. The Balaban J connectivity index is 0.00000261. The lowest BCUT2D eigenvalue weighted by atomic mass is 10.2. The number of nitrogens with one attached hydrogen (secondary N) is 1. The molecule has 1 aliphatic rings. The van der Waals surface area contributed by atoms with E-state index in [1.165, 1.54) is 17.7 Å². The van der Waals surface area contributed by atoms with Crippen molar-refractivity contribution in [3.8, 4) is 0 Å². The highest BCUT2D eigenvalue weighted by Crippen LogP contribution is 2.16. The summed E-state index contributed by atoms with van der Waals surface area (Å²) in [6.45, 7) is 7.42. The molecule has 0 spiro atoms. The quantitative estimate of drug-likeness (QED) is 0.390. The van der Waals surface area contributed by atoms with Crippen LogP contribution in [0.4, 0.5) is 15.8 Å². The molecule has 0 bridgehead atoms. The number of rotatable bonds is 5. The zero-order chi connectivity index (χ0) is 18.4. The molecule has 27 heavy (non-hydrogen) atoms. The van der Waals surface area contributed by atoms with Gasteiger partial charge in [0.15, 0.2) is 5.96 Å². The average molecular weight is 483 g/mol. The maximum Gasteiger partial charge on any atom is 0.193 e. The molecule has 2 aromatic rings. The lowest BCUT2D eigenvalue weighted by molar-refractivity contribution is 0.265. The molecule has 1 heterocycles. The van der Waals surface area contributed by atoms with E-state index in [9.17, 15) is 4.39 Å². The summed E-state index contributed by atoms with van der Waals surface area (Å²) in [5.41, 5.74) is 9.19. The highest BCUT2D eigenvalue weighted by molar-refractivity contribution is 14.0. The Labute approximate surface area is 177 Å². The van der Waals surface area contributed by atoms with Crippen LogP contribution in [0.3, 0.4) is 0 Å². The normalized spacial score (nSPS) is 15.3. The van der Waals surface area contributed by atoms with Crippen LogP contribution in [-0.2, 0) is 0 Å². The molecular formula is C20H27FIN5. The van der Waals surface area contributed by atoms with Crippen molar-refractivity contribution in [1.29, 1.82) is 0 Å². The van der Waals surface area contributed by atoms with Crippen molar-refractivity contribution in [3.05, 3.63) is 59.9 Å². The van der Waals surface area contributed by atoms with Crippen molar-refractivity contribution in [2.45, 2.75) is 6.92 Å². The summed E-state index contributed by atoms with van der Waals surface area (Å²) in [5, 5.41) is 3.11. The van der Waals surface area contributed by atoms with E-state index in [0.29, 0.717) is 12.5 Å². The Morgan fingerprint density at radius 2 is 1.67 bits per heavy atom. The van der Waals surface area contributed by atoms with E-state index in [4.69, 9.17) is 5.73 Å². The molecule has 0 amide bonds. The summed E-state index contributed by atoms with van der Waals surface area (Å²) in [5.74, 6) is 0.251. The van der Waals surface area contributed by atoms with Gasteiger partial charge in [0.05, 0.1) is 6.54 Å². The largest absolute Gasteiger partial charge is 0.370 e. The molecule has 0 radical (unpaired) electrons. The van der Waals surface area contributed by atoms with Gasteiger partial charge in [-0.1, -0.05) is 17.7 Å². The van der Waals surface area contributed by atoms with Gasteiger partial charge in [0.2, 0.25) is 0 Å². The van der Waals surface area contributed by atoms with E-state index in [0.717, 1.165) is 44.1 Å². The van der Waals surface area contributed by atoms with Crippen molar-refractivity contribution in [3.63, 3.8) is 0 Å². The Morgan fingerprint density at radius 3 is 2.30 bits per heavy atom. The van der Waals surface area contributed by atoms with Crippen molar-refractivity contribution in [1.82, 2.24) is 4.90 Å². The van der Waals surface area contributed by atoms with Crippen LogP contribution < -0.4 is 16.0 Å². The average Bonchev–Trinajstić information content (AvgIpc) is 2.65. The van der Waals surface area contributed by atoms with Gasteiger partial charge in [-0.15, -0.1) is 24.0 Å². The van der Waals surface area contributed by atoms with Crippen molar-refractivity contribution < 1.29 is 4.39 Å². The minimum Gasteiger partial charge on any atom is -0.370 e. The van der Waals surface area contributed by atoms with Crippen LogP contribution in [0.1, 0.15) is 5.56 Å². The number of hydrogen-bond donors (Lipinski definition) is 2. The molecule has 5 nitrogen and oxygen atoms in total. The Morgan fingerprint density at radius 1 is 1.04 bits per heavy atom. The molecular weight excluding hydrogens is 456 g/mol. The van der Waals surface area contributed by atoms with Crippen LogP contribution in [-0.4, -0.2) is 50.1 Å². The van der Waals surface area contributed by atoms with Crippen molar-refractivity contribution >= 4 is 41.3 Å². The summed E-state index contributed by atoms with van der Waals surface area (Å²) in [6, 6.07) is 14.8. The van der Waals surface area contributed by atoms with Gasteiger partial charge in [-0.3, -0.25) is 9.89 Å². The van der Waals surface area contributed by atoms with Gasteiger partial charge < -0.3 is 16.0 Å². The molecule has 0 aromatic heterocycles. The van der Waals surface area contributed by atoms with Crippen LogP contribution in [0.25, 0.3) is 0 Å². The zero-order valence-corrected chi connectivity index (χ0v) is 17.9. The van der Waals surface area contributed by atoms with E-state index >= 15 is 0 Å². The standard InChI is InChI=1S/C20H26FN5.HI/c1-16-2-6-18(7-3-16)24-20(22)23-10-11-25-12-14-26(15-13-25)19-8-4-17(21)5-9-19;/h2-9H,10-15H2,1H3,(H3,22,23,24);1H. The third-order valence-electron chi connectivity index (χ3n) is 4.59. The minimum absolute atomic E-state index is 0. The summed E-state index contributed by atoms with van der Waals surface area (Å²) >= 11 is 0. The predicted octanol–water partition coefficient (Wildman–Crippen LogP) is 3.30. The first-order valence-electron chi connectivity index (χ1n) is 8.96. The molecule has 2 aromatic carbocycles. The summed E-state index contributed by atoms with van der Waals surface area (Å²) in [4.78, 5) is 9.07. The number of nitrogens with two attached hydrogens (primary N) is 1. The lowest BCUT2D eigenvalue weighted by Gasteiger charge is -2.35. The molecule has 3 rings (SSSR count). The van der Waals surface area contributed by atoms with Gasteiger partial charge >= 0.3 is 0 Å². The first-order valence-corrected chi connectivity index (χ1v) is 8.96. The van der Waals surface area contributed by atoms with E-state index in [2.05, 4.69) is 27.0 Å². The van der Waals surface area contributed by atoms with E-state index < -0.39 is 0 Å². The highest BCUT2D eigenvalue weighted by atomic mass is 127. The molecule has 0 saturated carbocycles. The maximum absolute atomic E-state index is 13.0. The Hall–Kier alpha value is -1.87. The van der Waals surface area contributed by atoms with E-state index in [1.807, 2.05) is 36.4 Å². The number of aliphatic imine (C=N–C) groups is 1.